The van der Waals surface area contributed by atoms with Crippen molar-refractivity contribution in [2.75, 3.05) is 11.9 Å². The molecule has 0 unspecified atom stereocenters. The molecule has 3 nitrogen and oxygen atoms in total. The molecule has 0 radical (unpaired) electrons. The number of aliphatic hydroxyl groups is 1. The highest BCUT2D eigenvalue weighted by atomic mass is 35.5. The van der Waals surface area contributed by atoms with Gasteiger partial charge in [-0.15, -0.1) is 0 Å². The van der Waals surface area contributed by atoms with Crippen LogP contribution in [0.2, 0.25) is 5.02 Å². The summed E-state index contributed by atoms with van der Waals surface area (Å²) in [6, 6.07) is 3.98. The van der Waals surface area contributed by atoms with Crippen LogP contribution in [-0.4, -0.2) is 17.6 Å². The second kappa shape index (κ2) is 4.03. The van der Waals surface area contributed by atoms with Gasteiger partial charge in [0.2, 0.25) is 5.91 Å². The van der Waals surface area contributed by atoms with Crippen molar-refractivity contribution >= 4 is 23.2 Å². The number of hydrogen-bond donors (Lipinski definition) is 2. The molecular weight excluding hydrogens is 233 g/mol. The van der Waals surface area contributed by atoms with Gasteiger partial charge >= 0.3 is 0 Å². The van der Waals surface area contributed by atoms with E-state index in [1.54, 1.807) is 0 Å². The second-order valence-corrected chi connectivity index (χ2v) is 4.43. The number of halogens is 2. The van der Waals surface area contributed by atoms with Crippen molar-refractivity contribution in [3.05, 3.63) is 29.0 Å². The molecule has 1 saturated carbocycles. The summed E-state index contributed by atoms with van der Waals surface area (Å²) in [6.45, 7) is -0.159. The molecule has 16 heavy (non-hydrogen) atoms. The number of nitrogens with one attached hydrogen (secondary N) is 1. The van der Waals surface area contributed by atoms with Gasteiger partial charge in [-0.1, -0.05) is 11.6 Å². The molecule has 1 aromatic rings. The highest BCUT2D eigenvalue weighted by Crippen LogP contribution is 2.45. The predicted octanol–water partition coefficient (Wildman–Crippen LogP) is 2.19. The third-order valence-electron chi connectivity index (χ3n) is 2.82. The van der Waals surface area contributed by atoms with E-state index in [1.165, 1.54) is 18.2 Å². The summed E-state index contributed by atoms with van der Waals surface area (Å²) in [6.07, 6.45) is 1.37. The summed E-state index contributed by atoms with van der Waals surface area (Å²) < 4.78 is 12.9. The Morgan fingerprint density at radius 3 is 2.75 bits per heavy atom. The zero-order chi connectivity index (χ0) is 11.8. The van der Waals surface area contributed by atoms with Crippen molar-refractivity contribution in [1.82, 2.24) is 0 Å². The fourth-order valence-corrected chi connectivity index (χ4v) is 1.63. The van der Waals surface area contributed by atoms with Gasteiger partial charge in [0.1, 0.15) is 5.82 Å². The van der Waals surface area contributed by atoms with Gasteiger partial charge in [0.25, 0.3) is 0 Å². The molecule has 5 heteroatoms. The molecule has 1 aliphatic carbocycles. The van der Waals surface area contributed by atoms with E-state index in [-0.39, 0.29) is 17.5 Å². The van der Waals surface area contributed by atoms with Crippen LogP contribution >= 0.6 is 11.6 Å². The van der Waals surface area contributed by atoms with Crippen molar-refractivity contribution in [2.45, 2.75) is 12.8 Å². The van der Waals surface area contributed by atoms with Crippen LogP contribution in [0, 0.1) is 11.2 Å². The van der Waals surface area contributed by atoms with Crippen LogP contribution in [0.15, 0.2) is 18.2 Å². The third-order valence-corrected chi connectivity index (χ3v) is 3.11. The van der Waals surface area contributed by atoms with E-state index < -0.39 is 11.2 Å². The van der Waals surface area contributed by atoms with Crippen molar-refractivity contribution in [3.8, 4) is 0 Å². The monoisotopic (exact) mass is 243 g/mol. The Balaban J connectivity index is 2.09. The minimum Gasteiger partial charge on any atom is -0.395 e. The number of hydrogen-bond acceptors (Lipinski definition) is 2. The minimum absolute atomic E-state index is 0.0355. The lowest BCUT2D eigenvalue weighted by atomic mass is 10.1. The Bertz CT molecular complexity index is 432. The lowest BCUT2D eigenvalue weighted by Crippen LogP contribution is -2.27. The maximum absolute atomic E-state index is 12.9. The normalized spacial score (nSPS) is 16.9. The quantitative estimate of drug-likeness (QED) is 0.855. The van der Waals surface area contributed by atoms with E-state index >= 15 is 0 Å². The molecular formula is C11H11ClFNO2. The molecule has 0 heterocycles. The number of benzene rings is 1. The molecule has 86 valence electrons. The molecule has 1 aliphatic rings. The lowest BCUT2D eigenvalue weighted by molar-refractivity contribution is -0.122. The molecule has 0 spiro atoms. The molecule has 0 saturated heterocycles. The summed E-state index contributed by atoms with van der Waals surface area (Å²) in [5.74, 6) is -0.763. The van der Waals surface area contributed by atoms with E-state index in [0.29, 0.717) is 18.5 Å². The first-order valence-electron chi connectivity index (χ1n) is 4.95. The number of rotatable bonds is 3. The Hall–Kier alpha value is -1.13. The van der Waals surface area contributed by atoms with Gasteiger partial charge in [0, 0.05) is 5.69 Å². The largest absolute Gasteiger partial charge is 0.395 e. The molecule has 1 fully saturated rings. The molecule has 2 rings (SSSR count). The molecule has 1 amide bonds. The first-order valence-corrected chi connectivity index (χ1v) is 5.32. The van der Waals surface area contributed by atoms with Gasteiger partial charge in [-0.25, -0.2) is 4.39 Å². The van der Waals surface area contributed by atoms with E-state index in [4.69, 9.17) is 16.7 Å². The van der Waals surface area contributed by atoms with Crippen molar-refractivity contribution in [2.24, 2.45) is 5.41 Å². The molecule has 0 aliphatic heterocycles. The van der Waals surface area contributed by atoms with Crippen molar-refractivity contribution in [3.63, 3.8) is 0 Å². The first kappa shape index (κ1) is 11.4. The zero-order valence-electron chi connectivity index (χ0n) is 8.46. The van der Waals surface area contributed by atoms with Gasteiger partial charge in [0.05, 0.1) is 17.0 Å². The van der Waals surface area contributed by atoms with Crippen LogP contribution in [0.1, 0.15) is 12.8 Å². The summed E-state index contributed by atoms with van der Waals surface area (Å²) in [4.78, 5) is 11.7. The van der Waals surface area contributed by atoms with Crippen LogP contribution in [0.5, 0.6) is 0 Å². The van der Waals surface area contributed by atoms with E-state index in [1.807, 2.05) is 0 Å². The number of anilines is 1. The standard InChI is InChI=1S/C11H11ClFNO2/c12-8-5-7(1-2-9(8)13)14-10(16)11(6-15)3-4-11/h1-2,5,15H,3-4,6H2,(H,14,16). The highest BCUT2D eigenvalue weighted by molar-refractivity contribution is 6.31. The van der Waals surface area contributed by atoms with Gasteiger partial charge in [-0.2, -0.15) is 0 Å². The smallest absolute Gasteiger partial charge is 0.232 e. The molecule has 0 aromatic heterocycles. The van der Waals surface area contributed by atoms with Crippen LogP contribution in [-0.2, 0) is 4.79 Å². The fraction of sp³-hybridized carbons (Fsp3) is 0.364. The van der Waals surface area contributed by atoms with Crippen molar-refractivity contribution in [1.29, 1.82) is 0 Å². The van der Waals surface area contributed by atoms with Crippen molar-refractivity contribution < 1.29 is 14.3 Å². The fourth-order valence-electron chi connectivity index (χ4n) is 1.45. The number of aliphatic hydroxyl groups excluding tert-OH is 1. The average molecular weight is 244 g/mol. The minimum atomic E-state index is -0.638. The molecule has 2 N–H and O–H groups in total. The number of carbonyl (C=O) groups excluding carboxylic acids is 1. The molecule has 0 bridgehead atoms. The van der Waals surface area contributed by atoms with Gasteiger partial charge in [-0.05, 0) is 31.0 Å². The maximum atomic E-state index is 12.9. The lowest BCUT2D eigenvalue weighted by Gasteiger charge is -2.12. The molecule has 0 atom stereocenters. The Kier molecular flexibility index (Phi) is 2.86. The second-order valence-electron chi connectivity index (χ2n) is 4.02. The third kappa shape index (κ3) is 2.03. The predicted molar refractivity (Wildman–Crippen MR) is 58.8 cm³/mol. The Morgan fingerprint density at radius 2 is 2.25 bits per heavy atom. The van der Waals surface area contributed by atoms with Gasteiger partial charge in [0.15, 0.2) is 0 Å². The Morgan fingerprint density at radius 1 is 1.56 bits per heavy atom. The highest BCUT2D eigenvalue weighted by Gasteiger charge is 2.49. The van der Waals surface area contributed by atoms with E-state index in [2.05, 4.69) is 5.32 Å². The topological polar surface area (TPSA) is 49.3 Å². The summed E-state index contributed by atoms with van der Waals surface area (Å²) >= 11 is 5.59. The number of carbonyl (C=O) groups is 1. The summed E-state index contributed by atoms with van der Waals surface area (Å²) in [5.41, 5.74) is -0.197. The van der Waals surface area contributed by atoms with Crippen LogP contribution in [0.25, 0.3) is 0 Å². The molecule has 1 aromatic carbocycles. The maximum Gasteiger partial charge on any atom is 0.232 e. The zero-order valence-corrected chi connectivity index (χ0v) is 9.22. The summed E-state index contributed by atoms with van der Waals surface area (Å²) in [5, 5.41) is 11.6. The number of amides is 1. The van der Waals surface area contributed by atoms with Crippen LogP contribution in [0.4, 0.5) is 10.1 Å². The van der Waals surface area contributed by atoms with Gasteiger partial charge < -0.3 is 10.4 Å². The summed E-state index contributed by atoms with van der Waals surface area (Å²) in [7, 11) is 0. The SMILES string of the molecule is O=C(Nc1ccc(F)c(Cl)c1)C1(CO)CC1. The first-order chi connectivity index (χ1) is 7.57. The Labute approximate surface area is 97.2 Å². The van der Waals surface area contributed by atoms with Crippen LogP contribution in [0.3, 0.4) is 0 Å². The average Bonchev–Trinajstić information content (AvgIpc) is 3.04. The van der Waals surface area contributed by atoms with Gasteiger partial charge in [-0.3, -0.25) is 4.79 Å². The van der Waals surface area contributed by atoms with Crippen LogP contribution < -0.4 is 5.32 Å². The van der Waals surface area contributed by atoms with E-state index in [9.17, 15) is 9.18 Å². The van der Waals surface area contributed by atoms with E-state index in [0.717, 1.165) is 0 Å².